The summed E-state index contributed by atoms with van der Waals surface area (Å²) in [4.78, 5) is 1.41. The number of rotatable bonds is 4. The molecule has 0 fully saturated rings. The number of unbranched alkanes of at least 4 members (excludes halogenated alkanes) is 1. The van der Waals surface area contributed by atoms with Gasteiger partial charge in [-0.15, -0.1) is 0 Å². The Balaban J connectivity index is 3.63. The van der Waals surface area contributed by atoms with E-state index in [1.165, 1.54) is 4.90 Å². The van der Waals surface area contributed by atoms with E-state index in [1.807, 2.05) is 6.92 Å². The molecule has 0 aromatic carbocycles. The lowest BCUT2D eigenvalue weighted by atomic mass is 10.2. The molecule has 62 valence electrons. The van der Waals surface area contributed by atoms with E-state index in [1.54, 1.807) is 14.1 Å². The molecular weight excluding hydrogens is 130 g/mol. The molecule has 0 heterocycles. The summed E-state index contributed by atoms with van der Waals surface area (Å²) in [6.07, 6.45) is 2.23. The molecule has 0 rings (SSSR count). The van der Waals surface area contributed by atoms with E-state index in [9.17, 15) is 10.2 Å². The Hall–Kier alpha value is -0.120. The van der Waals surface area contributed by atoms with Crippen LogP contribution in [0.1, 0.15) is 26.2 Å². The SMILES string of the molecule is CCCCC(O)(O)N(C)C. The van der Waals surface area contributed by atoms with Gasteiger partial charge in [0, 0.05) is 6.42 Å². The summed E-state index contributed by atoms with van der Waals surface area (Å²) in [7, 11) is 3.30. The predicted octanol–water partition coefficient (Wildman–Crippen LogP) is 0.377. The fourth-order valence-electron chi connectivity index (χ4n) is 0.638. The highest BCUT2D eigenvalue weighted by atomic mass is 16.5. The summed E-state index contributed by atoms with van der Waals surface area (Å²) < 4.78 is 0. The van der Waals surface area contributed by atoms with E-state index in [0.29, 0.717) is 6.42 Å². The molecule has 0 aliphatic heterocycles. The molecule has 0 spiro atoms. The van der Waals surface area contributed by atoms with Gasteiger partial charge in [0.2, 0.25) is 5.91 Å². The van der Waals surface area contributed by atoms with Crippen LogP contribution in [0.2, 0.25) is 0 Å². The summed E-state index contributed by atoms with van der Waals surface area (Å²) in [6.45, 7) is 2.02. The molecule has 0 saturated carbocycles. The largest absolute Gasteiger partial charge is 0.353 e. The summed E-state index contributed by atoms with van der Waals surface area (Å²) in [5.74, 6) is -1.62. The Morgan fingerprint density at radius 1 is 1.30 bits per heavy atom. The maximum absolute atomic E-state index is 9.20. The first-order chi connectivity index (χ1) is 4.50. The molecule has 0 amide bonds. The van der Waals surface area contributed by atoms with Gasteiger partial charge in [0.25, 0.3) is 0 Å². The third-order valence-electron chi connectivity index (χ3n) is 1.58. The van der Waals surface area contributed by atoms with Crippen molar-refractivity contribution >= 4 is 0 Å². The first kappa shape index (κ1) is 9.88. The van der Waals surface area contributed by atoms with Crippen LogP contribution in [0.25, 0.3) is 0 Å². The molecule has 2 N–H and O–H groups in total. The van der Waals surface area contributed by atoms with Crippen LogP contribution in [0.15, 0.2) is 0 Å². The van der Waals surface area contributed by atoms with Crippen LogP contribution in [0, 0.1) is 0 Å². The summed E-state index contributed by atoms with van der Waals surface area (Å²) in [5, 5.41) is 18.4. The van der Waals surface area contributed by atoms with E-state index in [4.69, 9.17) is 0 Å². The highest BCUT2D eigenvalue weighted by molar-refractivity contribution is 4.59. The predicted molar refractivity (Wildman–Crippen MR) is 40.4 cm³/mol. The van der Waals surface area contributed by atoms with Crippen LogP contribution in [0.4, 0.5) is 0 Å². The quantitative estimate of drug-likeness (QED) is 0.565. The molecule has 0 aromatic rings. The van der Waals surface area contributed by atoms with Gasteiger partial charge in [-0.3, -0.25) is 4.90 Å². The topological polar surface area (TPSA) is 43.7 Å². The van der Waals surface area contributed by atoms with E-state index in [-0.39, 0.29) is 0 Å². The normalized spacial score (nSPS) is 12.6. The fourth-order valence-corrected chi connectivity index (χ4v) is 0.638. The smallest absolute Gasteiger partial charge is 0.224 e. The third-order valence-corrected chi connectivity index (χ3v) is 1.58. The minimum atomic E-state index is -1.62. The second-order valence-corrected chi connectivity index (χ2v) is 2.77. The van der Waals surface area contributed by atoms with Gasteiger partial charge in [-0.25, -0.2) is 0 Å². The lowest BCUT2D eigenvalue weighted by Crippen LogP contribution is -2.43. The van der Waals surface area contributed by atoms with Crippen LogP contribution in [-0.2, 0) is 0 Å². The van der Waals surface area contributed by atoms with Gasteiger partial charge in [0.1, 0.15) is 0 Å². The fraction of sp³-hybridized carbons (Fsp3) is 1.00. The highest BCUT2D eigenvalue weighted by Crippen LogP contribution is 2.12. The summed E-state index contributed by atoms with van der Waals surface area (Å²) in [6, 6.07) is 0. The second-order valence-electron chi connectivity index (χ2n) is 2.77. The Labute approximate surface area is 62.3 Å². The molecule has 3 heteroatoms. The molecule has 0 saturated heterocycles. The zero-order valence-electron chi connectivity index (χ0n) is 6.96. The van der Waals surface area contributed by atoms with Gasteiger partial charge in [-0.1, -0.05) is 13.3 Å². The molecule has 0 aliphatic rings. The Morgan fingerprint density at radius 3 is 2.10 bits per heavy atom. The van der Waals surface area contributed by atoms with Crippen molar-refractivity contribution in [3.8, 4) is 0 Å². The second kappa shape index (κ2) is 3.91. The maximum Gasteiger partial charge on any atom is 0.224 e. The van der Waals surface area contributed by atoms with Crippen LogP contribution in [0.5, 0.6) is 0 Å². The van der Waals surface area contributed by atoms with Crippen LogP contribution >= 0.6 is 0 Å². The number of aliphatic hydroxyl groups is 2. The van der Waals surface area contributed by atoms with E-state index >= 15 is 0 Å². The first-order valence-electron chi connectivity index (χ1n) is 3.63. The molecule has 0 aromatic heterocycles. The van der Waals surface area contributed by atoms with Crippen molar-refractivity contribution in [3.63, 3.8) is 0 Å². The maximum atomic E-state index is 9.20. The van der Waals surface area contributed by atoms with Crippen LogP contribution in [0.3, 0.4) is 0 Å². The highest BCUT2D eigenvalue weighted by Gasteiger charge is 2.24. The van der Waals surface area contributed by atoms with Crippen molar-refractivity contribution in [2.75, 3.05) is 14.1 Å². The third kappa shape index (κ3) is 3.15. The molecule has 0 atom stereocenters. The molecule has 0 bridgehead atoms. The van der Waals surface area contributed by atoms with Gasteiger partial charge < -0.3 is 10.2 Å². The molecule has 3 nitrogen and oxygen atoms in total. The van der Waals surface area contributed by atoms with Crippen molar-refractivity contribution in [1.29, 1.82) is 0 Å². The van der Waals surface area contributed by atoms with Crippen LogP contribution in [-0.4, -0.2) is 35.1 Å². The van der Waals surface area contributed by atoms with Crippen LogP contribution < -0.4 is 0 Å². The number of hydrogen-bond acceptors (Lipinski definition) is 3. The van der Waals surface area contributed by atoms with Crippen molar-refractivity contribution in [2.24, 2.45) is 0 Å². The lowest BCUT2D eigenvalue weighted by Gasteiger charge is -2.28. The summed E-state index contributed by atoms with van der Waals surface area (Å²) >= 11 is 0. The van der Waals surface area contributed by atoms with Crippen molar-refractivity contribution in [1.82, 2.24) is 4.90 Å². The molecule has 10 heavy (non-hydrogen) atoms. The Kier molecular flexibility index (Phi) is 3.86. The zero-order chi connectivity index (χ0) is 8.20. The van der Waals surface area contributed by atoms with E-state index in [0.717, 1.165) is 12.8 Å². The van der Waals surface area contributed by atoms with E-state index in [2.05, 4.69) is 0 Å². The van der Waals surface area contributed by atoms with Gasteiger partial charge in [0.15, 0.2) is 0 Å². The van der Waals surface area contributed by atoms with Crippen molar-refractivity contribution in [3.05, 3.63) is 0 Å². The molecule has 0 radical (unpaired) electrons. The minimum Gasteiger partial charge on any atom is -0.353 e. The van der Waals surface area contributed by atoms with Gasteiger partial charge >= 0.3 is 0 Å². The summed E-state index contributed by atoms with van der Waals surface area (Å²) in [5.41, 5.74) is 0. The molecule has 0 aliphatic carbocycles. The van der Waals surface area contributed by atoms with Gasteiger partial charge in [-0.2, -0.15) is 0 Å². The number of nitrogens with zero attached hydrogens (tertiary/aromatic N) is 1. The monoisotopic (exact) mass is 147 g/mol. The van der Waals surface area contributed by atoms with Crippen molar-refractivity contribution in [2.45, 2.75) is 32.1 Å². The number of hydrogen-bond donors (Lipinski definition) is 2. The van der Waals surface area contributed by atoms with Gasteiger partial charge in [0.05, 0.1) is 0 Å². The standard InChI is InChI=1S/C7H17NO2/c1-4-5-6-7(9,10)8(2)3/h9-10H,4-6H2,1-3H3. The molecular formula is C7H17NO2. The van der Waals surface area contributed by atoms with Gasteiger partial charge in [-0.05, 0) is 20.5 Å². The van der Waals surface area contributed by atoms with E-state index < -0.39 is 5.91 Å². The lowest BCUT2D eigenvalue weighted by molar-refractivity contribution is -0.253. The average Bonchev–Trinajstić information content (AvgIpc) is 1.84. The Morgan fingerprint density at radius 2 is 1.80 bits per heavy atom. The van der Waals surface area contributed by atoms with Crippen molar-refractivity contribution < 1.29 is 10.2 Å². The average molecular weight is 147 g/mol. The minimum absolute atomic E-state index is 0.413. The Bertz CT molecular complexity index is 91.6. The first-order valence-corrected chi connectivity index (χ1v) is 3.63. The zero-order valence-corrected chi connectivity index (χ0v) is 6.96. The molecule has 0 unspecified atom stereocenters.